The summed E-state index contributed by atoms with van der Waals surface area (Å²) in [6.45, 7) is 3.76. The zero-order chi connectivity index (χ0) is 13.5. The van der Waals surface area contributed by atoms with E-state index >= 15 is 0 Å². The third kappa shape index (κ3) is 5.38. The minimum atomic E-state index is -1.12. The first kappa shape index (κ1) is 14.8. The number of ether oxygens (including phenoxy) is 2. The van der Waals surface area contributed by atoms with Crippen LogP contribution in [-0.4, -0.2) is 29.4 Å². The molecule has 1 aliphatic carbocycles. The molecule has 0 aromatic rings. The average Bonchev–Trinajstić information content (AvgIpc) is 2.28. The summed E-state index contributed by atoms with van der Waals surface area (Å²) in [6, 6.07) is 0. The van der Waals surface area contributed by atoms with E-state index in [1.807, 2.05) is 13.8 Å². The van der Waals surface area contributed by atoms with Crippen LogP contribution in [0.2, 0.25) is 0 Å². The van der Waals surface area contributed by atoms with Gasteiger partial charge in [-0.15, -0.1) is 0 Å². The molecule has 1 N–H and O–H groups in total. The van der Waals surface area contributed by atoms with E-state index in [0.29, 0.717) is 6.42 Å². The predicted molar refractivity (Wildman–Crippen MR) is 65.3 cm³/mol. The second-order valence-electron chi connectivity index (χ2n) is 5.20. The molecule has 0 aromatic heterocycles. The number of aliphatic carboxylic acids is 1. The fourth-order valence-electron chi connectivity index (χ4n) is 2.09. The summed E-state index contributed by atoms with van der Waals surface area (Å²) >= 11 is 0. The molecule has 0 radical (unpaired) electrons. The van der Waals surface area contributed by atoms with Gasteiger partial charge < -0.3 is 14.6 Å². The van der Waals surface area contributed by atoms with E-state index in [-0.39, 0.29) is 12.0 Å². The van der Waals surface area contributed by atoms with Crippen molar-refractivity contribution in [3.8, 4) is 0 Å². The molecule has 0 heterocycles. The van der Waals surface area contributed by atoms with Crippen LogP contribution in [0.1, 0.15) is 52.4 Å². The van der Waals surface area contributed by atoms with Crippen LogP contribution in [0, 0.1) is 5.92 Å². The molecule has 5 nitrogen and oxygen atoms in total. The molecule has 0 aliphatic heterocycles. The van der Waals surface area contributed by atoms with E-state index < -0.39 is 18.2 Å². The second-order valence-corrected chi connectivity index (χ2v) is 5.20. The summed E-state index contributed by atoms with van der Waals surface area (Å²) in [6.07, 6.45) is 3.18. The van der Waals surface area contributed by atoms with Gasteiger partial charge in [-0.05, 0) is 38.0 Å². The smallest absolute Gasteiger partial charge is 0.479 e. The Bertz CT molecular complexity index is 281. The Labute approximate surface area is 107 Å². The van der Waals surface area contributed by atoms with Crippen molar-refractivity contribution < 1.29 is 24.2 Å². The second kappa shape index (κ2) is 7.24. The highest BCUT2D eigenvalue weighted by Gasteiger charge is 2.26. The molecule has 1 atom stereocenters. The highest BCUT2D eigenvalue weighted by Crippen LogP contribution is 2.21. The fraction of sp³-hybridized carbons (Fsp3) is 0.846. The van der Waals surface area contributed by atoms with E-state index in [1.165, 1.54) is 6.42 Å². The maximum absolute atomic E-state index is 11.5. The number of carboxylic acids is 1. The van der Waals surface area contributed by atoms with Crippen molar-refractivity contribution in [2.75, 3.05) is 0 Å². The molecule has 1 aliphatic rings. The summed E-state index contributed by atoms with van der Waals surface area (Å²) in [5.41, 5.74) is 0. The molecule has 1 rings (SSSR count). The molecule has 5 heteroatoms. The lowest BCUT2D eigenvalue weighted by molar-refractivity contribution is -0.149. The van der Waals surface area contributed by atoms with Gasteiger partial charge in [0.25, 0.3) is 0 Å². The number of hydrogen-bond acceptors (Lipinski definition) is 4. The predicted octanol–water partition coefficient (Wildman–Crippen LogP) is 2.97. The van der Waals surface area contributed by atoms with Gasteiger partial charge in [-0.3, -0.25) is 0 Å². The molecular formula is C13H22O5. The lowest BCUT2D eigenvalue weighted by Crippen LogP contribution is -2.31. The normalized spacial score (nSPS) is 18.4. The lowest BCUT2D eigenvalue weighted by Gasteiger charge is -2.22. The van der Waals surface area contributed by atoms with Crippen molar-refractivity contribution in [1.29, 1.82) is 0 Å². The zero-order valence-corrected chi connectivity index (χ0v) is 11.1. The lowest BCUT2D eigenvalue weighted by atomic mass is 9.98. The Balaban J connectivity index is 2.37. The first-order valence-electron chi connectivity index (χ1n) is 6.59. The number of carboxylic acid groups (broad SMARTS) is 1. The quantitative estimate of drug-likeness (QED) is 0.767. The standard InChI is InChI=1S/C13H22O5/c1-9(2)8-11(12(14)15)18-13(16)17-10-6-4-3-5-7-10/h9-11H,3-8H2,1-2H3,(H,14,15)/t11-/m0/s1. The Morgan fingerprint density at radius 1 is 1.22 bits per heavy atom. The van der Waals surface area contributed by atoms with Crippen LogP contribution in [0.25, 0.3) is 0 Å². The van der Waals surface area contributed by atoms with Gasteiger partial charge in [0.2, 0.25) is 6.10 Å². The molecule has 0 unspecified atom stereocenters. The van der Waals surface area contributed by atoms with E-state index in [2.05, 4.69) is 0 Å². The Morgan fingerprint density at radius 2 is 1.83 bits per heavy atom. The van der Waals surface area contributed by atoms with Gasteiger partial charge in [0.05, 0.1) is 0 Å². The minimum Gasteiger partial charge on any atom is -0.479 e. The average molecular weight is 258 g/mol. The van der Waals surface area contributed by atoms with Crippen molar-refractivity contribution in [1.82, 2.24) is 0 Å². The van der Waals surface area contributed by atoms with Gasteiger partial charge in [0, 0.05) is 0 Å². The highest BCUT2D eigenvalue weighted by atomic mass is 16.7. The summed E-state index contributed by atoms with van der Waals surface area (Å²) in [5.74, 6) is -0.974. The molecule has 0 aromatic carbocycles. The Kier molecular flexibility index (Phi) is 5.95. The molecule has 0 amide bonds. The van der Waals surface area contributed by atoms with Crippen LogP contribution in [0.3, 0.4) is 0 Å². The molecular weight excluding hydrogens is 236 g/mol. The molecule has 18 heavy (non-hydrogen) atoms. The summed E-state index contributed by atoms with van der Waals surface area (Å²) < 4.78 is 9.99. The van der Waals surface area contributed by atoms with Crippen LogP contribution < -0.4 is 0 Å². The molecule has 0 saturated heterocycles. The van der Waals surface area contributed by atoms with E-state index in [9.17, 15) is 9.59 Å². The number of carbonyl (C=O) groups is 2. The van der Waals surface area contributed by atoms with E-state index in [4.69, 9.17) is 14.6 Å². The minimum absolute atomic E-state index is 0.111. The monoisotopic (exact) mass is 258 g/mol. The van der Waals surface area contributed by atoms with Gasteiger partial charge in [-0.25, -0.2) is 9.59 Å². The van der Waals surface area contributed by atoms with Gasteiger partial charge >= 0.3 is 12.1 Å². The largest absolute Gasteiger partial charge is 0.509 e. The maximum Gasteiger partial charge on any atom is 0.509 e. The molecule has 0 bridgehead atoms. The first-order chi connectivity index (χ1) is 8.49. The van der Waals surface area contributed by atoms with Crippen LogP contribution in [0.5, 0.6) is 0 Å². The van der Waals surface area contributed by atoms with Crippen molar-refractivity contribution in [3.63, 3.8) is 0 Å². The number of carbonyl (C=O) groups excluding carboxylic acids is 1. The highest BCUT2D eigenvalue weighted by molar-refractivity contribution is 5.75. The van der Waals surface area contributed by atoms with Crippen LogP contribution in [0.4, 0.5) is 4.79 Å². The molecule has 104 valence electrons. The van der Waals surface area contributed by atoms with Gasteiger partial charge in [-0.2, -0.15) is 0 Å². The zero-order valence-electron chi connectivity index (χ0n) is 11.1. The Morgan fingerprint density at radius 3 is 2.33 bits per heavy atom. The topological polar surface area (TPSA) is 72.8 Å². The van der Waals surface area contributed by atoms with E-state index in [1.54, 1.807) is 0 Å². The third-order valence-corrected chi connectivity index (χ3v) is 3.01. The van der Waals surface area contributed by atoms with Crippen molar-refractivity contribution >= 4 is 12.1 Å². The van der Waals surface area contributed by atoms with Crippen LogP contribution in [-0.2, 0) is 14.3 Å². The molecule has 0 spiro atoms. The van der Waals surface area contributed by atoms with Gasteiger partial charge in [0.1, 0.15) is 6.10 Å². The third-order valence-electron chi connectivity index (χ3n) is 3.01. The SMILES string of the molecule is CC(C)C[C@H](OC(=O)OC1CCCCC1)C(=O)O. The number of rotatable bonds is 5. The number of hydrogen-bond donors (Lipinski definition) is 1. The van der Waals surface area contributed by atoms with Gasteiger partial charge in [0.15, 0.2) is 0 Å². The van der Waals surface area contributed by atoms with Crippen molar-refractivity contribution in [2.45, 2.75) is 64.6 Å². The summed E-state index contributed by atoms with van der Waals surface area (Å²) in [4.78, 5) is 22.4. The molecule has 1 fully saturated rings. The van der Waals surface area contributed by atoms with Crippen LogP contribution >= 0.6 is 0 Å². The van der Waals surface area contributed by atoms with Crippen molar-refractivity contribution in [3.05, 3.63) is 0 Å². The summed E-state index contributed by atoms with van der Waals surface area (Å²) in [7, 11) is 0. The first-order valence-corrected chi connectivity index (χ1v) is 6.59. The Hall–Kier alpha value is -1.26. The van der Waals surface area contributed by atoms with Gasteiger partial charge in [-0.1, -0.05) is 20.3 Å². The van der Waals surface area contributed by atoms with Crippen molar-refractivity contribution in [2.24, 2.45) is 5.92 Å². The summed E-state index contributed by atoms with van der Waals surface area (Å²) in [5, 5.41) is 8.94. The maximum atomic E-state index is 11.5. The van der Waals surface area contributed by atoms with E-state index in [0.717, 1.165) is 25.7 Å². The van der Waals surface area contributed by atoms with Crippen LogP contribution in [0.15, 0.2) is 0 Å². The molecule has 1 saturated carbocycles. The fourth-order valence-corrected chi connectivity index (χ4v) is 2.09.